The molecule has 0 fully saturated rings. The highest BCUT2D eigenvalue weighted by molar-refractivity contribution is 9.10. The lowest BCUT2D eigenvalue weighted by Gasteiger charge is -2.04. The van der Waals surface area contributed by atoms with Crippen molar-refractivity contribution in [1.82, 2.24) is 0 Å². The van der Waals surface area contributed by atoms with Crippen molar-refractivity contribution in [3.63, 3.8) is 0 Å². The van der Waals surface area contributed by atoms with E-state index in [1.165, 1.54) is 19.2 Å². The molecular weight excluding hydrogens is 254 g/mol. The van der Waals surface area contributed by atoms with E-state index in [9.17, 15) is 14.9 Å². The van der Waals surface area contributed by atoms with Gasteiger partial charge in [-0.1, -0.05) is 15.9 Å². The molecule has 0 aliphatic rings. The SMILES string of the molecule is COc1cc(Br)cc([N+](=O)[O-])c1C=O. The largest absolute Gasteiger partial charge is 0.496 e. The van der Waals surface area contributed by atoms with Gasteiger partial charge in [0, 0.05) is 10.5 Å². The Bertz CT molecular complexity index is 391. The first-order valence-electron chi connectivity index (χ1n) is 3.57. The maximum atomic E-state index is 10.6. The van der Waals surface area contributed by atoms with Crippen LogP contribution in [0.25, 0.3) is 0 Å². The molecule has 0 aliphatic carbocycles. The second-order valence-electron chi connectivity index (χ2n) is 2.42. The van der Waals surface area contributed by atoms with Gasteiger partial charge >= 0.3 is 0 Å². The first-order valence-corrected chi connectivity index (χ1v) is 4.36. The van der Waals surface area contributed by atoms with Crippen LogP contribution in [0.1, 0.15) is 10.4 Å². The number of carbonyl (C=O) groups is 1. The van der Waals surface area contributed by atoms with Crippen LogP contribution < -0.4 is 4.74 Å². The predicted molar refractivity (Wildman–Crippen MR) is 52.7 cm³/mol. The smallest absolute Gasteiger partial charge is 0.284 e. The number of rotatable bonds is 3. The van der Waals surface area contributed by atoms with Gasteiger partial charge in [0.2, 0.25) is 0 Å². The Kier molecular flexibility index (Phi) is 3.19. The van der Waals surface area contributed by atoms with Crippen molar-refractivity contribution in [3.8, 4) is 5.75 Å². The van der Waals surface area contributed by atoms with Crippen LogP contribution in [0.4, 0.5) is 5.69 Å². The highest BCUT2D eigenvalue weighted by Crippen LogP contribution is 2.31. The molecule has 0 bridgehead atoms. The van der Waals surface area contributed by atoms with Crippen LogP contribution in [0, 0.1) is 10.1 Å². The number of aldehydes is 1. The van der Waals surface area contributed by atoms with Crippen LogP contribution in [0.5, 0.6) is 5.75 Å². The minimum Gasteiger partial charge on any atom is -0.496 e. The van der Waals surface area contributed by atoms with E-state index in [2.05, 4.69) is 15.9 Å². The highest BCUT2D eigenvalue weighted by Gasteiger charge is 2.19. The number of ether oxygens (including phenoxy) is 1. The van der Waals surface area contributed by atoms with Crippen molar-refractivity contribution in [2.75, 3.05) is 7.11 Å². The molecule has 14 heavy (non-hydrogen) atoms. The summed E-state index contributed by atoms with van der Waals surface area (Å²) < 4.78 is 5.33. The summed E-state index contributed by atoms with van der Waals surface area (Å²) in [5.74, 6) is 0.182. The first kappa shape index (κ1) is 10.6. The Morgan fingerprint density at radius 1 is 1.57 bits per heavy atom. The maximum Gasteiger partial charge on any atom is 0.284 e. The lowest BCUT2D eigenvalue weighted by molar-refractivity contribution is -0.385. The Morgan fingerprint density at radius 2 is 2.21 bits per heavy atom. The zero-order valence-electron chi connectivity index (χ0n) is 7.19. The second-order valence-corrected chi connectivity index (χ2v) is 3.33. The first-order chi connectivity index (χ1) is 6.60. The summed E-state index contributed by atoms with van der Waals surface area (Å²) in [6.45, 7) is 0. The number of carbonyl (C=O) groups excluding carboxylic acids is 1. The van der Waals surface area contributed by atoms with Gasteiger partial charge in [-0.3, -0.25) is 14.9 Å². The Hall–Kier alpha value is -1.43. The van der Waals surface area contributed by atoms with E-state index in [-0.39, 0.29) is 17.0 Å². The summed E-state index contributed by atoms with van der Waals surface area (Å²) in [6, 6.07) is 2.75. The Labute approximate surface area is 88.0 Å². The van der Waals surface area contributed by atoms with Crippen LogP contribution in [0.15, 0.2) is 16.6 Å². The molecule has 1 aromatic carbocycles. The topological polar surface area (TPSA) is 69.4 Å². The predicted octanol–water partition coefficient (Wildman–Crippen LogP) is 2.18. The van der Waals surface area contributed by atoms with Gasteiger partial charge in [0.15, 0.2) is 6.29 Å². The molecule has 0 atom stereocenters. The Morgan fingerprint density at radius 3 is 2.64 bits per heavy atom. The lowest BCUT2D eigenvalue weighted by atomic mass is 10.2. The van der Waals surface area contributed by atoms with Crippen LogP contribution in [0.3, 0.4) is 0 Å². The molecule has 0 heterocycles. The molecule has 0 N–H and O–H groups in total. The fraction of sp³-hybridized carbons (Fsp3) is 0.125. The minimum absolute atomic E-state index is 0.0549. The van der Waals surface area contributed by atoms with Gasteiger partial charge in [-0.15, -0.1) is 0 Å². The summed E-state index contributed by atoms with van der Waals surface area (Å²) in [7, 11) is 1.35. The van der Waals surface area contributed by atoms with Crippen molar-refractivity contribution >= 4 is 27.9 Å². The van der Waals surface area contributed by atoms with Crippen molar-refractivity contribution in [1.29, 1.82) is 0 Å². The van der Waals surface area contributed by atoms with Crippen LogP contribution in [-0.4, -0.2) is 18.3 Å². The van der Waals surface area contributed by atoms with Crippen LogP contribution >= 0.6 is 15.9 Å². The van der Waals surface area contributed by atoms with Crippen molar-refractivity contribution in [2.24, 2.45) is 0 Å². The van der Waals surface area contributed by atoms with Gasteiger partial charge in [0.1, 0.15) is 11.3 Å². The zero-order chi connectivity index (χ0) is 10.7. The molecule has 0 radical (unpaired) electrons. The Balaban J connectivity index is 3.46. The van der Waals surface area contributed by atoms with Crippen LogP contribution in [-0.2, 0) is 0 Å². The lowest BCUT2D eigenvalue weighted by Crippen LogP contribution is -1.98. The molecule has 6 heteroatoms. The number of hydrogen-bond donors (Lipinski definition) is 0. The third-order valence-corrected chi connectivity index (χ3v) is 2.08. The standard InChI is InChI=1S/C8H6BrNO4/c1-14-8-3-5(9)2-7(10(12)13)6(8)4-11/h2-4H,1H3. The summed E-state index contributed by atoms with van der Waals surface area (Å²) in [6.07, 6.45) is 0.406. The number of halogens is 1. The van der Waals surface area contributed by atoms with Gasteiger partial charge < -0.3 is 4.74 Å². The quantitative estimate of drug-likeness (QED) is 0.474. The van der Waals surface area contributed by atoms with Crippen molar-refractivity contribution in [3.05, 3.63) is 32.3 Å². The molecule has 0 spiro atoms. The van der Waals surface area contributed by atoms with Crippen LogP contribution in [0.2, 0.25) is 0 Å². The van der Waals surface area contributed by atoms with Gasteiger partial charge in [-0.2, -0.15) is 0 Å². The number of nitrogens with zero attached hydrogens (tertiary/aromatic N) is 1. The summed E-state index contributed by atoms with van der Waals surface area (Å²) in [5.41, 5.74) is -0.327. The van der Waals surface area contributed by atoms with E-state index in [0.717, 1.165) is 0 Å². The fourth-order valence-electron chi connectivity index (χ4n) is 1.02. The second kappa shape index (κ2) is 4.19. The zero-order valence-corrected chi connectivity index (χ0v) is 8.78. The molecule has 1 rings (SSSR count). The normalized spacial score (nSPS) is 9.57. The number of hydrogen-bond acceptors (Lipinski definition) is 4. The number of benzene rings is 1. The summed E-state index contributed by atoms with van der Waals surface area (Å²) in [4.78, 5) is 20.6. The van der Waals surface area contributed by atoms with Crippen molar-refractivity contribution < 1.29 is 14.5 Å². The highest BCUT2D eigenvalue weighted by atomic mass is 79.9. The minimum atomic E-state index is -0.628. The average Bonchev–Trinajstić information content (AvgIpc) is 2.16. The van der Waals surface area contributed by atoms with E-state index in [1.807, 2.05) is 0 Å². The molecular formula is C8H6BrNO4. The molecule has 0 aliphatic heterocycles. The number of methoxy groups -OCH3 is 1. The molecule has 5 nitrogen and oxygen atoms in total. The number of nitro benzene ring substituents is 1. The fourth-order valence-corrected chi connectivity index (χ4v) is 1.44. The molecule has 0 saturated carbocycles. The van der Waals surface area contributed by atoms with E-state index < -0.39 is 4.92 Å². The molecule has 0 aromatic heterocycles. The molecule has 0 saturated heterocycles. The van der Waals surface area contributed by atoms with Gasteiger partial charge in [0.25, 0.3) is 5.69 Å². The van der Waals surface area contributed by atoms with Crippen molar-refractivity contribution in [2.45, 2.75) is 0 Å². The number of nitro groups is 1. The summed E-state index contributed by atoms with van der Waals surface area (Å²) >= 11 is 3.09. The van der Waals surface area contributed by atoms with E-state index in [4.69, 9.17) is 4.74 Å². The van der Waals surface area contributed by atoms with E-state index >= 15 is 0 Å². The molecule has 74 valence electrons. The van der Waals surface area contributed by atoms with Gasteiger partial charge in [0.05, 0.1) is 12.0 Å². The van der Waals surface area contributed by atoms with Gasteiger partial charge in [-0.25, -0.2) is 0 Å². The average molecular weight is 260 g/mol. The molecule has 0 amide bonds. The summed E-state index contributed by atoms with van der Waals surface area (Å²) in [5, 5.41) is 10.6. The van der Waals surface area contributed by atoms with Gasteiger partial charge in [-0.05, 0) is 6.07 Å². The monoisotopic (exact) mass is 259 g/mol. The molecule has 1 aromatic rings. The molecule has 0 unspecified atom stereocenters. The third-order valence-electron chi connectivity index (χ3n) is 1.62. The maximum absolute atomic E-state index is 10.6. The third kappa shape index (κ3) is 1.90. The van der Waals surface area contributed by atoms with E-state index in [0.29, 0.717) is 10.8 Å². The van der Waals surface area contributed by atoms with E-state index in [1.54, 1.807) is 0 Å².